The topological polar surface area (TPSA) is 75.4 Å². The minimum Gasteiger partial charge on any atom is -0.396 e. The third-order valence-corrected chi connectivity index (χ3v) is 4.62. The molecule has 1 aliphatic carbocycles. The van der Waals surface area contributed by atoms with Gasteiger partial charge in [0.15, 0.2) is 0 Å². The molecular weight excluding hydrogens is 268 g/mol. The SMILES string of the molecule is CCC(CC)c1cc(C(=O)NC2CCCCC2CO)on1. The quantitative estimate of drug-likeness (QED) is 0.846. The average molecular weight is 294 g/mol. The van der Waals surface area contributed by atoms with Crippen LogP contribution in [0.4, 0.5) is 0 Å². The number of hydrogen-bond acceptors (Lipinski definition) is 4. The molecule has 0 saturated heterocycles. The fourth-order valence-electron chi connectivity index (χ4n) is 3.15. The first-order chi connectivity index (χ1) is 10.2. The molecule has 118 valence electrons. The number of rotatable bonds is 6. The number of aliphatic hydroxyl groups is 1. The molecule has 2 atom stereocenters. The zero-order valence-corrected chi connectivity index (χ0v) is 13.0. The van der Waals surface area contributed by atoms with Gasteiger partial charge in [0.25, 0.3) is 5.91 Å². The number of nitrogens with one attached hydrogen (secondary N) is 1. The van der Waals surface area contributed by atoms with E-state index in [-0.39, 0.29) is 30.2 Å². The smallest absolute Gasteiger partial charge is 0.290 e. The summed E-state index contributed by atoms with van der Waals surface area (Å²) in [5.74, 6) is 0.559. The van der Waals surface area contributed by atoms with Crippen LogP contribution in [0.15, 0.2) is 10.6 Å². The predicted molar refractivity (Wildman–Crippen MR) is 80.1 cm³/mol. The van der Waals surface area contributed by atoms with Crippen molar-refractivity contribution >= 4 is 5.91 Å². The second kappa shape index (κ2) is 7.59. The van der Waals surface area contributed by atoms with E-state index < -0.39 is 0 Å². The Bertz CT molecular complexity index is 454. The van der Waals surface area contributed by atoms with Crippen molar-refractivity contribution in [3.63, 3.8) is 0 Å². The van der Waals surface area contributed by atoms with Gasteiger partial charge in [0.2, 0.25) is 5.76 Å². The Labute approximate surface area is 126 Å². The third-order valence-electron chi connectivity index (χ3n) is 4.62. The van der Waals surface area contributed by atoms with Crippen LogP contribution >= 0.6 is 0 Å². The van der Waals surface area contributed by atoms with Crippen LogP contribution < -0.4 is 5.32 Å². The lowest BCUT2D eigenvalue weighted by molar-refractivity contribution is 0.0836. The molecule has 0 aromatic carbocycles. The van der Waals surface area contributed by atoms with Crippen molar-refractivity contribution in [3.05, 3.63) is 17.5 Å². The molecule has 1 saturated carbocycles. The summed E-state index contributed by atoms with van der Waals surface area (Å²) in [5.41, 5.74) is 0.854. The van der Waals surface area contributed by atoms with E-state index in [1.807, 2.05) is 0 Å². The number of amides is 1. The van der Waals surface area contributed by atoms with Crippen LogP contribution in [0, 0.1) is 5.92 Å². The number of carbonyl (C=O) groups is 1. The van der Waals surface area contributed by atoms with Crippen LogP contribution in [-0.2, 0) is 0 Å². The maximum absolute atomic E-state index is 12.3. The van der Waals surface area contributed by atoms with Gasteiger partial charge in [0.05, 0.1) is 5.69 Å². The Balaban J connectivity index is 1.99. The second-order valence-electron chi connectivity index (χ2n) is 5.94. The van der Waals surface area contributed by atoms with E-state index in [1.165, 1.54) is 0 Å². The molecule has 1 amide bonds. The van der Waals surface area contributed by atoms with Gasteiger partial charge in [-0.1, -0.05) is 31.8 Å². The lowest BCUT2D eigenvalue weighted by Crippen LogP contribution is -2.43. The monoisotopic (exact) mass is 294 g/mol. The molecule has 2 N–H and O–H groups in total. The molecule has 1 aliphatic rings. The first-order valence-corrected chi connectivity index (χ1v) is 8.07. The van der Waals surface area contributed by atoms with E-state index in [4.69, 9.17) is 4.52 Å². The number of carbonyl (C=O) groups excluding carboxylic acids is 1. The highest BCUT2D eigenvalue weighted by atomic mass is 16.5. The minimum atomic E-state index is -0.218. The molecule has 0 bridgehead atoms. The number of hydrogen-bond donors (Lipinski definition) is 2. The number of nitrogens with zero attached hydrogens (tertiary/aromatic N) is 1. The molecule has 0 spiro atoms. The standard InChI is InChI=1S/C16H26N2O3/c1-3-11(4-2)14-9-15(21-18-14)16(20)17-13-8-6-5-7-12(13)10-19/h9,11-13,19H,3-8,10H2,1-2H3,(H,17,20). The molecule has 0 aliphatic heterocycles. The molecule has 2 rings (SSSR count). The summed E-state index contributed by atoms with van der Waals surface area (Å²) in [6.07, 6.45) is 6.08. The van der Waals surface area contributed by atoms with Crippen molar-refractivity contribution in [2.45, 2.75) is 64.3 Å². The molecular formula is C16H26N2O3. The van der Waals surface area contributed by atoms with Crippen LogP contribution in [0.3, 0.4) is 0 Å². The summed E-state index contributed by atoms with van der Waals surface area (Å²) in [4.78, 5) is 12.3. The average Bonchev–Trinajstić information content (AvgIpc) is 2.99. The summed E-state index contributed by atoms with van der Waals surface area (Å²) in [6, 6.07) is 1.79. The summed E-state index contributed by atoms with van der Waals surface area (Å²) in [5, 5.41) is 16.4. The number of aliphatic hydroxyl groups excluding tert-OH is 1. The summed E-state index contributed by atoms with van der Waals surface area (Å²) >= 11 is 0. The summed E-state index contributed by atoms with van der Waals surface area (Å²) in [7, 11) is 0. The lowest BCUT2D eigenvalue weighted by atomic mass is 9.85. The van der Waals surface area contributed by atoms with Crippen molar-refractivity contribution in [1.29, 1.82) is 0 Å². The van der Waals surface area contributed by atoms with E-state index in [0.29, 0.717) is 5.92 Å². The highest BCUT2D eigenvalue weighted by Gasteiger charge is 2.27. The van der Waals surface area contributed by atoms with Crippen LogP contribution in [0.5, 0.6) is 0 Å². The summed E-state index contributed by atoms with van der Waals surface area (Å²) in [6.45, 7) is 4.34. The zero-order chi connectivity index (χ0) is 15.2. The molecule has 21 heavy (non-hydrogen) atoms. The fourth-order valence-corrected chi connectivity index (χ4v) is 3.15. The van der Waals surface area contributed by atoms with Crippen LogP contribution in [0.2, 0.25) is 0 Å². The Morgan fingerprint density at radius 3 is 2.81 bits per heavy atom. The van der Waals surface area contributed by atoms with Crippen molar-refractivity contribution in [3.8, 4) is 0 Å². The van der Waals surface area contributed by atoms with Gasteiger partial charge < -0.3 is 14.9 Å². The maximum Gasteiger partial charge on any atom is 0.290 e. The fraction of sp³-hybridized carbons (Fsp3) is 0.750. The molecule has 1 aromatic heterocycles. The Morgan fingerprint density at radius 1 is 1.43 bits per heavy atom. The molecule has 2 unspecified atom stereocenters. The van der Waals surface area contributed by atoms with Crippen molar-refractivity contribution < 1.29 is 14.4 Å². The van der Waals surface area contributed by atoms with Gasteiger partial charge >= 0.3 is 0 Å². The first kappa shape index (κ1) is 16.0. The molecule has 1 heterocycles. The highest BCUT2D eigenvalue weighted by Crippen LogP contribution is 2.25. The number of aromatic nitrogens is 1. The summed E-state index contributed by atoms with van der Waals surface area (Å²) < 4.78 is 5.20. The molecule has 0 radical (unpaired) electrons. The molecule has 1 aromatic rings. The van der Waals surface area contributed by atoms with Gasteiger partial charge in [-0.25, -0.2) is 0 Å². The van der Waals surface area contributed by atoms with Crippen molar-refractivity contribution in [2.24, 2.45) is 5.92 Å². The van der Waals surface area contributed by atoms with Gasteiger partial charge in [-0.15, -0.1) is 0 Å². The van der Waals surface area contributed by atoms with E-state index in [9.17, 15) is 9.90 Å². The van der Waals surface area contributed by atoms with Crippen molar-refractivity contribution in [1.82, 2.24) is 10.5 Å². The lowest BCUT2D eigenvalue weighted by Gasteiger charge is -2.30. The highest BCUT2D eigenvalue weighted by molar-refractivity contribution is 5.91. The molecule has 5 nitrogen and oxygen atoms in total. The van der Waals surface area contributed by atoms with E-state index in [0.717, 1.165) is 44.2 Å². The first-order valence-electron chi connectivity index (χ1n) is 8.07. The third kappa shape index (κ3) is 3.84. The van der Waals surface area contributed by atoms with Gasteiger partial charge in [0.1, 0.15) is 0 Å². The van der Waals surface area contributed by atoms with Gasteiger partial charge in [-0.3, -0.25) is 4.79 Å². The Kier molecular flexibility index (Phi) is 5.79. The van der Waals surface area contributed by atoms with E-state index in [1.54, 1.807) is 6.07 Å². The van der Waals surface area contributed by atoms with E-state index >= 15 is 0 Å². The van der Waals surface area contributed by atoms with Crippen molar-refractivity contribution in [2.75, 3.05) is 6.61 Å². The molecule has 1 fully saturated rings. The van der Waals surface area contributed by atoms with Gasteiger partial charge in [0, 0.05) is 30.6 Å². The maximum atomic E-state index is 12.3. The van der Waals surface area contributed by atoms with Crippen LogP contribution in [0.1, 0.15) is 74.5 Å². The predicted octanol–water partition coefficient (Wildman–Crippen LogP) is 2.86. The van der Waals surface area contributed by atoms with Gasteiger partial charge in [-0.05, 0) is 25.7 Å². The van der Waals surface area contributed by atoms with Crippen LogP contribution in [0.25, 0.3) is 0 Å². The molecule has 5 heteroatoms. The minimum absolute atomic E-state index is 0.0398. The van der Waals surface area contributed by atoms with Crippen LogP contribution in [-0.4, -0.2) is 28.8 Å². The second-order valence-corrected chi connectivity index (χ2v) is 5.94. The van der Waals surface area contributed by atoms with Gasteiger partial charge in [-0.2, -0.15) is 0 Å². The Hall–Kier alpha value is -1.36. The van der Waals surface area contributed by atoms with E-state index in [2.05, 4.69) is 24.3 Å². The zero-order valence-electron chi connectivity index (χ0n) is 13.0. The normalized spacial score (nSPS) is 22.5. The largest absolute Gasteiger partial charge is 0.396 e. The Morgan fingerprint density at radius 2 is 2.14 bits per heavy atom.